The third-order valence-electron chi connectivity index (χ3n) is 2.46. The summed E-state index contributed by atoms with van der Waals surface area (Å²) in [6.07, 6.45) is 0.362. The number of hydrogen-bond acceptors (Lipinski definition) is 3. The molecule has 4 nitrogen and oxygen atoms in total. The molecular weight excluding hydrogens is 228 g/mol. The third kappa shape index (κ3) is 5.19. The zero-order chi connectivity index (χ0) is 13.5. The minimum absolute atomic E-state index is 0.0487. The number of carbonyl (C=O) groups excluding carboxylic acids is 1. The third-order valence-corrected chi connectivity index (χ3v) is 2.46. The van der Waals surface area contributed by atoms with Gasteiger partial charge in [-0.3, -0.25) is 4.79 Å². The quantitative estimate of drug-likeness (QED) is 0.602. The largest absolute Gasteiger partial charge is 0.399 e. The molecule has 1 aromatic carbocycles. The fraction of sp³-hybridized carbons (Fsp3) is 0.500. The van der Waals surface area contributed by atoms with Crippen LogP contribution in [0.15, 0.2) is 18.2 Å². The first-order valence-corrected chi connectivity index (χ1v) is 6.22. The van der Waals surface area contributed by atoms with E-state index in [1.54, 1.807) is 6.07 Å². The van der Waals surface area contributed by atoms with Crippen molar-refractivity contribution >= 4 is 17.3 Å². The van der Waals surface area contributed by atoms with Crippen molar-refractivity contribution in [1.82, 2.24) is 0 Å². The Balaban J connectivity index is 2.38. The van der Waals surface area contributed by atoms with Gasteiger partial charge in [0.2, 0.25) is 5.91 Å². The van der Waals surface area contributed by atoms with Crippen LogP contribution in [0.25, 0.3) is 0 Å². The molecule has 0 heterocycles. The molecule has 0 bridgehead atoms. The number of aryl methyl sites for hydroxylation is 1. The van der Waals surface area contributed by atoms with Gasteiger partial charge in [-0.25, -0.2) is 0 Å². The van der Waals surface area contributed by atoms with Crippen molar-refractivity contribution in [1.29, 1.82) is 0 Å². The molecule has 0 aromatic heterocycles. The van der Waals surface area contributed by atoms with Crippen molar-refractivity contribution in [2.75, 3.05) is 24.3 Å². The molecule has 1 aromatic rings. The summed E-state index contributed by atoms with van der Waals surface area (Å²) in [5.74, 6) is 0.441. The molecule has 0 saturated heterocycles. The van der Waals surface area contributed by atoms with Crippen molar-refractivity contribution in [3.63, 3.8) is 0 Å². The van der Waals surface area contributed by atoms with Gasteiger partial charge in [0.15, 0.2) is 0 Å². The summed E-state index contributed by atoms with van der Waals surface area (Å²) in [7, 11) is 0. The minimum atomic E-state index is -0.0487. The minimum Gasteiger partial charge on any atom is -0.399 e. The van der Waals surface area contributed by atoms with E-state index >= 15 is 0 Å². The van der Waals surface area contributed by atoms with E-state index in [4.69, 9.17) is 10.5 Å². The number of anilines is 2. The fourth-order valence-electron chi connectivity index (χ4n) is 1.47. The molecule has 0 unspecified atom stereocenters. The van der Waals surface area contributed by atoms with Crippen LogP contribution in [-0.2, 0) is 9.53 Å². The van der Waals surface area contributed by atoms with Crippen LogP contribution in [0.4, 0.5) is 11.4 Å². The second kappa shape index (κ2) is 7.01. The number of amides is 1. The lowest BCUT2D eigenvalue weighted by Gasteiger charge is -2.10. The highest BCUT2D eigenvalue weighted by molar-refractivity contribution is 5.92. The Morgan fingerprint density at radius 2 is 2.17 bits per heavy atom. The highest BCUT2D eigenvalue weighted by atomic mass is 16.5. The lowest BCUT2D eigenvalue weighted by Crippen LogP contribution is -2.16. The molecule has 0 fully saturated rings. The summed E-state index contributed by atoms with van der Waals surface area (Å²) in [5.41, 5.74) is 8.10. The first kappa shape index (κ1) is 14.5. The van der Waals surface area contributed by atoms with E-state index in [-0.39, 0.29) is 5.91 Å². The van der Waals surface area contributed by atoms with Crippen LogP contribution in [0, 0.1) is 12.8 Å². The zero-order valence-corrected chi connectivity index (χ0v) is 11.3. The molecule has 0 spiro atoms. The van der Waals surface area contributed by atoms with Crippen molar-refractivity contribution in [3.05, 3.63) is 23.8 Å². The number of hydrogen-bond donors (Lipinski definition) is 2. The van der Waals surface area contributed by atoms with Gasteiger partial charge in [0.25, 0.3) is 0 Å². The van der Waals surface area contributed by atoms with Gasteiger partial charge >= 0.3 is 0 Å². The van der Waals surface area contributed by atoms with Crippen LogP contribution in [0.3, 0.4) is 0 Å². The van der Waals surface area contributed by atoms with Crippen molar-refractivity contribution in [2.24, 2.45) is 5.92 Å². The molecule has 0 aliphatic carbocycles. The van der Waals surface area contributed by atoms with Crippen molar-refractivity contribution < 1.29 is 9.53 Å². The van der Waals surface area contributed by atoms with E-state index in [2.05, 4.69) is 19.2 Å². The molecule has 0 radical (unpaired) electrons. The predicted octanol–water partition coefficient (Wildman–Crippen LogP) is 2.58. The van der Waals surface area contributed by atoms with Crippen LogP contribution in [0.5, 0.6) is 0 Å². The molecule has 100 valence electrons. The highest BCUT2D eigenvalue weighted by Gasteiger charge is 2.05. The summed E-state index contributed by atoms with van der Waals surface area (Å²) in [4.78, 5) is 11.7. The number of nitrogens with two attached hydrogens (primary N) is 1. The van der Waals surface area contributed by atoms with E-state index < -0.39 is 0 Å². The molecule has 0 saturated carbocycles. The van der Waals surface area contributed by atoms with Crippen molar-refractivity contribution in [2.45, 2.75) is 27.2 Å². The average Bonchev–Trinajstić information content (AvgIpc) is 2.29. The standard InChI is InChI=1S/C14H22N2O2/c1-10(2)9-18-7-6-14(17)16-13-8-12(15)5-4-11(13)3/h4-5,8,10H,6-7,9,15H2,1-3H3,(H,16,17). The summed E-state index contributed by atoms with van der Waals surface area (Å²) in [6.45, 7) is 7.23. The second-order valence-corrected chi connectivity index (χ2v) is 4.84. The van der Waals surface area contributed by atoms with Gasteiger partial charge in [-0.2, -0.15) is 0 Å². The first-order chi connectivity index (χ1) is 8.49. The van der Waals surface area contributed by atoms with Gasteiger partial charge in [-0.15, -0.1) is 0 Å². The number of carbonyl (C=O) groups is 1. The van der Waals surface area contributed by atoms with E-state index in [9.17, 15) is 4.79 Å². The lowest BCUT2D eigenvalue weighted by atomic mass is 10.2. The molecular formula is C14H22N2O2. The van der Waals surface area contributed by atoms with Crippen LogP contribution >= 0.6 is 0 Å². The van der Waals surface area contributed by atoms with Gasteiger partial charge in [0.1, 0.15) is 0 Å². The topological polar surface area (TPSA) is 64.3 Å². The predicted molar refractivity (Wildman–Crippen MR) is 74.5 cm³/mol. The molecule has 0 aliphatic heterocycles. The maximum Gasteiger partial charge on any atom is 0.226 e. The maximum absolute atomic E-state index is 11.7. The van der Waals surface area contributed by atoms with Gasteiger partial charge in [0, 0.05) is 18.0 Å². The van der Waals surface area contributed by atoms with E-state index in [0.29, 0.717) is 31.2 Å². The zero-order valence-electron chi connectivity index (χ0n) is 11.3. The average molecular weight is 250 g/mol. The van der Waals surface area contributed by atoms with Crippen LogP contribution in [0.2, 0.25) is 0 Å². The van der Waals surface area contributed by atoms with Crippen LogP contribution in [-0.4, -0.2) is 19.1 Å². The van der Waals surface area contributed by atoms with Gasteiger partial charge in [0.05, 0.1) is 13.0 Å². The van der Waals surface area contributed by atoms with Gasteiger partial charge in [-0.05, 0) is 30.5 Å². The normalized spacial score (nSPS) is 10.7. The van der Waals surface area contributed by atoms with Gasteiger partial charge in [-0.1, -0.05) is 19.9 Å². The molecule has 3 N–H and O–H groups in total. The first-order valence-electron chi connectivity index (χ1n) is 6.22. The molecule has 1 rings (SSSR count). The molecule has 4 heteroatoms. The number of benzene rings is 1. The van der Waals surface area contributed by atoms with Crippen LogP contribution < -0.4 is 11.1 Å². The second-order valence-electron chi connectivity index (χ2n) is 4.84. The van der Waals surface area contributed by atoms with Crippen molar-refractivity contribution in [3.8, 4) is 0 Å². The summed E-state index contributed by atoms with van der Waals surface area (Å²) < 4.78 is 5.37. The Bertz CT molecular complexity index is 403. The van der Waals surface area contributed by atoms with E-state index in [1.807, 2.05) is 19.1 Å². The molecule has 0 aliphatic rings. The summed E-state index contributed by atoms with van der Waals surface area (Å²) in [5, 5.41) is 2.84. The number of nitrogen functional groups attached to an aromatic ring is 1. The Labute approximate surface area is 109 Å². The molecule has 18 heavy (non-hydrogen) atoms. The Morgan fingerprint density at radius 3 is 2.83 bits per heavy atom. The summed E-state index contributed by atoms with van der Waals surface area (Å²) in [6, 6.07) is 5.47. The van der Waals surface area contributed by atoms with E-state index in [0.717, 1.165) is 11.3 Å². The number of rotatable bonds is 6. The smallest absolute Gasteiger partial charge is 0.226 e. The van der Waals surface area contributed by atoms with Crippen LogP contribution in [0.1, 0.15) is 25.8 Å². The van der Waals surface area contributed by atoms with Gasteiger partial charge < -0.3 is 15.8 Å². The highest BCUT2D eigenvalue weighted by Crippen LogP contribution is 2.18. The summed E-state index contributed by atoms with van der Waals surface area (Å²) >= 11 is 0. The number of nitrogens with one attached hydrogen (secondary N) is 1. The Morgan fingerprint density at radius 1 is 1.44 bits per heavy atom. The lowest BCUT2D eigenvalue weighted by molar-refractivity contribution is -0.117. The fourth-order valence-corrected chi connectivity index (χ4v) is 1.47. The Kier molecular flexibility index (Phi) is 5.65. The maximum atomic E-state index is 11.7. The van der Waals surface area contributed by atoms with E-state index in [1.165, 1.54) is 0 Å². The molecule has 0 atom stereocenters. The molecule has 1 amide bonds. The SMILES string of the molecule is Cc1ccc(N)cc1NC(=O)CCOCC(C)C. The Hall–Kier alpha value is -1.55. The number of ether oxygens (including phenoxy) is 1. The monoisotopic (exact) mass is 250 g/mol.